The van der Waals surface area contributed by atoms with E-state index in [0.29, 0.717) is 25.7 Å². The first kappa shape index (κ1) is 18.9. The van der Waals surface area contributed by atoms with E-state index in [0.717, 1.165) is 25.9 Å². The van der Waals surface area contributed by atoms with Crippen LogP contribution in [0, 0.1) is 0 Å². The summed E-state index contributed by atoms with van der Waals surface area (Å²) >= 11 is 0. The zero-order valence-corrected chi connectivity index (χ0v) is 15.7. The maximum absolute atomic E-state index is 11.7. The molecule has 2 rings (SSSR count). The fourth-order valence-corrected chi connectivity index (χ4v) is 3.93. The molecule has 0 bridgehead atoms. The Morgan fingerprint density at radius 1 is 1.43 bits per heavy atom. The second kappa shape index (κ2) is 7.93. The van der Waals surface area contributed by atoms with E-state index in [4.69, 9.17) is 10.5 Å². The van der Waals surface area contributed by atoms with Crippen molar-refractivity contribution in [3.8, 4) is 0 Å². The fourth-order valence-electron chi connectivity index (χ4n) is 2.75. The Kier molecular flexibility index (Phi) is 7.14. The summed E-state index contributed by atoms with van der Waals surface area (Å²) in [6.45, 7) is 5.14. The van der Waals surface area contributed by atoms with E-state index in [1.807, 2.05) is 11.8 Å². The normalized spacial score (nSPS) is 28.5. The molecule has 0 amide bonds. The van der Waals surface area contributed by atoms with Gasteiger partial charge < -0.3 is 15.4 Å². The Balaban J connectivity index is 0.00000220. The predicted octanol–water partition coefficient (Wildman–Crippen LogP) is 0.0638. The molecule has 2 aliphatic rings. The van der Waals surface area contributed by atoms with Crippen molar-refractivity contribution in [1.82, 2.24) is 9.21 Å². The molecule has 0 radical (unpaired) electrons. The summed E-state index contributed by atoms with van der Waals surface area (Å²) in [7, 11) is -3.14. The van der Waals surface area contributed by atoms with Crippen molar-refractivity contribution in [3.63, 3.8) is 0 Å². The zero-order valence-electron chi connectivity index (χ0n) is 12.6. The lowest BCUT2D eigenvalue weighted by molar-refractivity contribution is 0.00528. The van der Waals surface area contributed by atoms with Crippen LogP contribution in [0.15, 0.2) is 4.99 Å². The van der Waals surface area contributed by atoms with Crippen molar-refractivity contribution in [1.29, 1.82) is 0 Å². The number of guanidine groups is 1. The molecule has 0 saturated carbocycles. The summed E-state index contributed by atoms with van der Waals surface area (Å²) in [4.78, 5) is 6.38. The minimum atomic E-state index is -3.14. The van der Waals surface area contributed by atoms with Crippen molar-refractivity contribution in [2.45, 2.75) is 31.9 Å². The quantitative estimate of drug-likeness (QED) is 0.387. The van der Waals surface area contributed by atoms with E-state index in [9.17, 15) is 8.42 Å². The summed E-state index contributed by atoms with van der Waals surface area (Å²) in [6, 6.07) is -0.0537. The lowest BCUT2D eigenvalue weighted by Crippen LogP contribution is -2.48. The van der Waals surface area contributed by atoms with E-state index in [-0.39, 0.29) is 36.1 Å². The van der Waals surface area contributed by atoms with Crippen LogP contribution < -0.4 is 5.73 Å². The van der Waals surface area contributed by atoms with Gasteiger partial charge in [0.15, 0.2) is 5.96 Å². The van der Waals surface area contributed by atoms with E-state index >= 15 is 0 Å². The van der Waals surface area contributed by atoms with Gasteiger partial charge in [0.25, 0.3) is 0 Å². The SMILES string of the molecule is CC1CN(C(N)=NC[C@H]2CCCN2S(C)(=O)=O)CCO1.I. The Morgan fingerprint density at radius 3 is 2.76 bits per heavy atom. The second-order valence-corrected chi connectivity index (χ2v) is 7.43. The maximum atomic E-state index is 11.7. The highest BCUT2D eigenvalue weighted by molar-refractivity contribution is 14.0. The van der Waals surface area contributed by atoms with Crippen LogP contribution in [-0.4, -0.2) is 74.8 Å². The average molecular weight is 432 g/mol. The molecular weight excluding hydrogens is 407 g/mol. The van der Waals surface area contributed by atoms with Crippen LogP contribution in [0.4, 0.5) is 0 Å². The molecule has 2 N–H and O–H groups in total. The van der Waals surface area contributed by atoms with Gasteiger partial charge in [0.2, 0.25) is 10.0 Å². The highest BCUT2D eigenvalue weighted by Gasteiger charge is 2.31. The number of nitrogens with zero attached hydrogens (tertiary/aromatic N) is 3. The highest BCUT2D eigenvalue weighted by Crippen LogP contribution is 2.20. The van der Waals surface area contributed by atoms with E-state index in [1.54, 1.807) is 0 Å². The molecule has 0 aromatic rings. The van der Waals surface area contributed by atoms with Gasteiger partial charge in [-0.05, 0) is 19.8 Å². The third kappa shape index (κ3) is 5.22. The molecule has 0 aliphatic carbocycles. The Hall–Kier alpha value is -0.130. The largest absolute Gasteiger partial charge is 0.375 e. The number of hydrogen-bond donors (Lipinski definition) is 1. The summed E-state index contributed by atoms with van der Waals surface area (Å²) < 4.78 is 30.3. The summed E-state index contributed by atoms with van der Waals surface area (Å²) in [5, 5.41) is 0. The minimum absolute atomic E-state index is 0. The zero-order chi connectivity index (χ0) is 14.8. The fraction of sp³-hybridized carbons (Fsp3) is 0.917. The number of aliphatic imine (C=N–C) groups is 1. The summed E-state index contributed by atoms with van der Waals surface area (Å²) in [5.74, 6) is 0.487. The lowest BCUT2D eigenvalue weighted by Gasteiger charge is -2.32. The second-order valence-electron chi connectivity index (χ2n) is 5.50. The third-order valence-corrected chi connectivity index (χ3v) is 5.11. The number of sulfonamides is 1. The van der Waals surface area contributed by atoms with Crippen LogP contribution in [0.3, 0.4) is 0 Å². The molecule has 2 fully saturated rings. The van der Waals surface area contributed by atoms with E-state index < -0.39 is 10.0 Å². The van der Waals surface area contributed by atoms with E-state index in [1.165, 1.54) is 10.6 Å². The molecule has 7 nitrogen and oxygen atoms in total. The van der Waals surface area contributed by atoms with Crippen LogP contribution in [-0.2, 0) is 14.8 Å². The number of halogens is 1. The van der Waals surface area contributed by atoms with Gasteiger partial charge in [0.1, 0.15) is 0 Å². The summed E-state index contributed by atoms with van der Waals surface area (Å²) in [6.07, 6.45) is 3.14. The van der Waals surface area contributed by atoms with Crippen LogP contribution in [0.25, 0.3) is 0 Å². The Bertz CT molecular complexity index is 471. The van der Waals surface area contributed by atoms with Crippen LogP contribution >= 0.6 is 24.0 Å². The molecule has 124 valence electrons. The molecule has 1 unspecified atom stereocenters. The van der Waals surface area contributed by atoms with Crippen molar-refractivity contribution in [2.75, 3.05) is 39.0 Å². The average Bonchev–Trinajstić information content (AvgIpc) is 2.84. The van der Waals surface area contributed by atoms with Gasteiger partial charge >= 0.3 is 0 Å². The Morgan fingerprint density at radius 2 is 2.14 bits per heavy atom. The van der Waals surface area contributed by atoms with Crippen LogP contribution in [0.5, 0.6) is 0 Å². The van der Waals surface area contributed by atoms with Gasteiger partial charge in [0, 0.05) is 25.7 Å². The lowest BCUT2D eigenvalue weighted by atomic mass is 10.2. The first-order valence-electron chi connectivity index (χ1n) is 7.01. The Labute approximate surface area is 144 Å². The van der Waals surface area contributed by atoms with Gasteiger partial charge in [0.05, 0.1) is 25.5 Å². The number of nitrogens with two attached hydrogens (primary N) is 1. The van der Waals surface area contributed by atoms with Gasteiger partial charge in [-0.25, -0.2) is 8.42 Å². The van der Waals surface area contributed by atoms with Crippen molar-refractivity contribution in [2.24, 2.45) is 10.7 Å². The molecule has 0 aromatic carbocycles. The van der Waals surface area contributed by atoms with Gasteiger partial charge in [-0.1, -0.05) is 0 Å². The number of ether oxygens (including phenoxy) is 1. The molecule has 0 spiro atoms. The molecule has 2 aliphatic heterocycles. The van der Waals surface area contributed by atoms with Crippen LogP contribution in [0.1, 0.15) is 19.8 Å². The monoisotopic (exact) mass is 432 g/mol. The number of hydrogen-bond acceptors (Lipinski definition) is 4. The smallest absolute Gasteiger partial charge is 0.211 e. The van der Waals surface area contributed by atoms with Gasteiger partial charge in [-0.2, -0.15) is 4.31 Å². The van der Waals surface area contributed by atoms with Crippen LogP contribution in [0.2, 0.25) is 0 Å². The predicted molar refractivity (Wildman–Crippen MR) is 93.5 cm³/mol. The summed E-state index contributed by atoms with van der Waals surface area (Å²) in [5.41, 5.74) is 6.00. The van der Waals surface area contributed by atoms with E-state index in [2.05, 4.69) is 4.99 Å². The van der Waals surface area contributed by atoms with Gasteiger partial charge in [-0.3, -0.25) is 4.99 Å². The molecule has 2 saturated heterocycles. The van der Waals surface area contributed by atoms with Crippen molar-refractivity contribution in [3.05, 3.63) is 0 Å². The molecule has 2 atom stereocenters. The van der Waals surface area contributed by atoms with Crippen molar-refractivity contribution >= 4 is 40.0 Å². The molecular formula is C12H25IN4O3S. The molecule has 0 aromatic heterocycles. The minimum Gasteiger partial charge on any atom is -0.375 e. The standard InChI is InChI=1S/C12H24N4O3S.HI/c1-10-9-15(6-7-19-10)12(13)14-8-11-4-3-5-16(11)20(2,17)18;/h10-11H,3-9H2,1-2H3,(H2,13,14);1H/t10?,11-;/m1./s1. The number of morpholine rings is 1. The highest BCUT2D eigenvalue weighted by atomic mass is 127. The van der Waals surface area contributed by atoms with Gasteiger partial charge in [-0.15, -0.1) is 24.0 Å². The number of rotatable bonds is 3. The molecule has 9 heteroatoms. The third-order valence-electron chi connectivity index (χ3n) is 3.78. The molecule has 21 heavy (non-hydrogen) atoms. The first-order valence-corrected chi connectivity index (χ1v) is 8.86. The first-order chi connectivity index (χ1) is 9.38. The topological polar surface area (TPSA) is 88.2 Å². The molecule has 2 heterocycles. The maximum Gasteiger partial charge on any atom is 0.211 e. The van der Waals surface area contributed by atoms with Crippen molar-refractivity contribution < 1.29 is 13.2 Å².